The predicted molar refractivity (Wildman–Crippen MR) is 148 cm³/mol. The van der Waals surface area contributed by atoms with Crippen molar-refractivity contribution < 1.29 is 9.90 Å². The zero-order chi connectivity index (χ0) is 25.1. The summed E-state index contributed by atoms with van der Waals surface area (Å²) in [4.78, 5) is 15.5. The van der Waals surface area contributed by atoms with E-state index in [4.69, 9.17) is 0 Å². The van der Waals surface area contributed by atoms with Gasteiger partial charge in [0.1, 0.15) is 5.75 Å². The van der Waals surface area contributed by atoms with Crippen molar-refractivity contribution in [1.82, 2.24) is 0 Å². The molecule has 176 valence electrons. The first-order chi connectivity index (χ1) is 17.5. The Bertz CT molecular complexity index is 1440. The van der Waals surface area contributed by atoms with E-state index in [0.29, 0.717) is 16.7 Å². The lowest BCUT2D eigenvalue weighted by Crippen LogP contribution is -2.10. The minimum Gasteiger partial charge on any atom is -0.508 e. The van der Waals surface area contributed by atoms with Gasteiger partial charge in [-0.2, -0.15) is 0 Å². The number of ketones is 1. The number of nitrogens with zero attached hydrogens (tertiary/aromatic N) is 1. The summed E-state index contributed by atoms with van der Waals surface area (Å²) in [5.74, 6) is 0.0511. The molecule has 0 atom stereocenters. The summed E-state index contributed by atoms with van der Waals surface area (Å²) in [5, 5.41) is 10.2. The van der Waals surface area contributed by atoms with Crippen molar-refractivity contribution >= 4 is 22.8 Å². The monoisotopic (exact) mass is 469 g/mol. The molecule has 0 radical (unpaired) electrons. The molecule has 36 heavy (non-hydrogen) atoms. The van der Waals surface area contributed by atoms with Gasteiger partial charge < -0.3 is 10.0 Å². The van der Waals surface area contributed by atoms with Crippen molar-refractivity contribution in [2.24, 2.45) is 0 Å². The van der Waals surface area contributed by atoms with Crippen molar-refractivity contribution in [1.29, 1.82) is 0 Å². The lowest BCUT2D eigenvalue weighted by Gasteiger charge is -2.26. The van der Waals surface area contributed by atoms with Gasteiger partial charge in [-0.05, 0) is 79.6 Å². The summed E-state index contributed by atoms with van der Waals surface area (Å²) in [6.07, 6.45) is 0. The van der Waals surface area contributed by atoms with Crippen LogP contribution >= 0.6 is 0 Å². The topological polar surface area (TPSA) is 40.5 Å². The second kappa shape index (κ2) is 9.93. The first-order valence-electron chi connectivity index (χ1n) is 12.0. The van der Waals surface area contributed by atoms with Gasteiger partial charge in [-0.25, -0.2) is 0 Å². The maximum atomic E-state index is 13.3. The molecule has 0 aromatic heterocycles. The van der Waals surface area contributed by atoms with Crippen LogP contribution in [-0.2, 0) is 0 Å². The Labute approximate surface area is 211 Å². The number of hydrogen-bond donors (Lipinski definition) is 1. The number of aromatic hydroxyl groups is 1. The molecule has 0 aliphatic rings. The van der Waals surface area contributed by atoms with Gasteiger partial charge in [0, 0.05) is 28.2 Å². The van der Waals surface area contributed by atoms with E-state index in [9.17, 15) is 9.90 Å². The minimum absolute atomic E-state index is 0.0735. The lowest BCUT2D eigenvalue weighted by molar-refractivity contribution is 0.103. The van der Waals surface area contributed by atoms with Crippen molar-refractivity contribution in [2.45, 2.75) is 13.8 Å². The van der Waals surface area contributed by atoms with Gasteiger partial charge in [-0.3, -0.25) is 4.79 Å². The third-order valence-corrected chi connectivity index (χ3v) is 6.30. The fourth-order valence-electron chi connectivity index (χ4n) is 4.34. The second-order valence-corrected chi connectivity index (χ2v) is 8.98. The first-order valence-corrected chi connectivity index (χ1v) is 12.0. The highest BCUT2D eigenvalue weighted by Crippen LogP contribution is 2.37. The van der Waals surface area contributed by atoms with Crippen molar-refractivity contribution in [3.63, 3.8) is 0 Å². The number of rotatable bonds is 6. The second-order valence-electron chi connectivity index (χ2n) is 8.98. The summed E-state index contributed by atoms with van der Waals surface area (Å²) in [6.45, 7) is 4.16. The number of anilines is 3. The van der Waals surface area contributed by atoms with Crippen LogP contribution in [0.1, 0.15) is 27.0 Å². The molecule has 0 aliphatic heterocycles. The fraction of sp³-hybridized carbons (Fsp3) is 0.0606. The first kappa shape index (κ1) is 23.1. The van der Waals surface area contributed by atoms with Crippen LogP contribution < -0.4 is 4.90 Å². The Morgan fingerprint density at radius 2 is 1.11 bits per heavy atom. The van der Waals surface area contributed by atoms with Crippen LogP contribution in [-0.4, -0.2) is 10.9 Å². The standard InChI is InChI=1S/C33H27NO2/c1-23-8-14-27(15-9-23)34(28-16-10-24(2)11-17-28)29-18-12-25(13-19-29)32-22-30(35)20-21-31(32)33(36)26-6-4-3-5-7-26/h3-22,35H,1-2H3. The zero-order valence-corrected chi connectivity index (χ0v) is 20.3. The summed E-state index contributed by atoms with van der Waals surface area (Å²) in [5.41, 5.74) is 8.28. The number of phenolic OH excluding ortho intramolecular Hbond substituents is 1. The third-order valence-electron chi connectivity index (χ3n) is 6.30. The van der Waals surface area contributed by atoms with E-state index in [-0.39, 0.29) is 11.5 Å². The van der Waals surface area contributed by atoms with Crippen LogP contribution in [0.25, 0.3) is 11.1 Å². The van der Waals surface area contributed by atoms with Gasteiger partial charge in [-0.1, -0.05) is 77.9 Å². The van der Waals surface area contributed by atoms with Crippen molar-refractivity contribution in [2.75, 3.05) is 4.90 Å². The summed E-state index contributed by atoms with van der Waals surface area (Å²) in [6, 6.07) is 39.2. The molecule has 3 heteroatoms. The summed E-state index contributed by atoms with van der Waals surface area (Å²) >= 11 is 0. The maximum absolute atomic E-state index is 13.3. The van der Waals surface area contributed by atoms with Gasteiger partial charge >= 0.3 is 0 Å². The average molecular weight is 470 g/mol. The molecule has 0 amide bonds. The molecular weight excluding hydrogens is 442 g/mol. The number of benzene rings is 5. The zero-order valence-electron chi connectivity index (χ0n) is 20.3. The van der Waals surface area contributed by atoms with Gasteiger partial charge in [-0.15, -0.1) is 0 Å². The lowest BCUT2D eigenvalue weighted by atomic mass is 9.93. The van der Waals surface area contributed by atoms with Crippen LogP contribution in [0.3, 0.4) is 0 Å². The SMILES string of the molecule is Cc1ccc(N(c2ccc(C)cc2)c2ccc(-c3cc(O)ccc3C(=O)c3ccccc3)cc2)cc1. The predicted octanol–water partition coefficient (Wildman–Crippen LogP) is 8.38. The minimum atomic E-state index is -0.0735. The van der Waals surface area contributed by atoms with Gasteiger partial charge in [0.25, 0.3) is 0 Å². The van der Waals surface area contributed by atoms with E-state index >= 15 is 0 Å². The Balaban J connectivity index is 1.56. The van der Waals surface area contributed by atoms with Gasteiger partial charge in [0.2, 0.25) is 0 Å². The highest BCUT2D eigenvalue weighted by Gasteiger charge is 2.17. The number of carbonyl (C=O) groups excluding carboxylic acids is 1. The smallest absolute Gasteiger partial charge is 0.193 e. The Hall–Kier alpha value is -4.63. The molecule has 0 spiro atoms. The maximum Gasteiger partial charge on any atom is 0.193 e. The third kappa shape index (κ3) is 4.77. The van der Waals surface area contributed by atoms with Crippen LogP contribution in [0.2, 0.25) is 0 Å². The molecule has 0 fully saturated rings. The molecule has 0 heterocycles. The molecule has 5 rings (SSSR count). The van der Waals surface area contributed by atoms with Gasteiger partial charge in [0.05, 0.1) is 0 Å². The van der Waals surface area contributed by atoms with E-state index < -0.39 is 0 Å². The fourth-order valence-corrected chi connectivity index (χ4v) is 4.34. The summed E-state index contributed by atoms with van der Waals surface area (Å²) < 4.78 is 0. The highest BCUT2D eigenvalue weighted by molar-refractivity contribution is 6.13. The molecule has 5 aromatic carbocycles. The molecule has 0 aliphatic carbocycles. The Morgan fingerprint density at radius 3 is 1.64 bits per heavy atom. The molecular formula is C33H27NO2. The van der Waals surface area contributed by atoms with E-state index in [1.54, 1.807) is 18.2 Å². The van der Waals surface area contributed by atoms with Crippen LogP contribution in [0.5, 0.6) is 5.75 Å². The van der Waals surface area contributed by atoms with Gasteiger partial charge in [0.15, 0.2) is 5.78 Å². The average Bonchev–Trinajstić information content (AvgIpc) is 2.91. The number of hydrogen-bond acceptors (Lipinski definition) is 3. The molecule has 0 saturated carbocycles. The molecule has 5 aromatic rings. The molecule has 0 bridgehead atoms. The number of phenols is 1. The molecule has 0 unspecified atom stereocenters. The van der Waals surface area contributed by atoms with Crippen LogP contribution in [0.15, 0.2) is 121 Å². The number of aryl methyl sites for hydroxylation is 2. The van der Waals surface area contributed by atoms with Crippen LogP contribution in [0, 0.1) is 13.8 Å². The van der Waals surface area contributed by atoms with Crippen molar-refractivity contribution in [3.8, 4) is 16.9 Å². The molecule has 1 N–H and O–H groups in total. The highest BCUT2D eigenvalue weighted by atomic mass is 16.3. The van der Waals surface area contributed by atoms with E-state index in [2.05, 4.69) is 79.4 Å². The van der Waals surface area contributed by atoms with E-state index in [1.807, 2.05) is 42.5 Å². The van der Waals surface area contributed by atoms with Crippen molar-refractivity contribution in [3.05, 3.63) is 144 Å². The normalized spacial score (nSPS) is 10.7. The number of carbonyl (C=O) groups is 1. The van der Waals surface area contributed by atoms with E-state index in [1.165, 1.54) is 11.1 Å². The quantitative estimate of drug-likeness (QED) is 0.254. The summed E-state index contributed by atoms with van der Waals surface area (Å²) in [7, 11) is 0. The van der Waals surface area contributed by atoms with E-state index in [0.717, 1.165) is 22.6 Å². The Morgan fingerprint density at radius 1 is 0.611 bits per heavy atom. The van der Waals surface area contributed by atoms with Crippen LogP contribution in [0.4, 0.5) is 17.1 Å². The molecule has 3 nitrogen and oxygen atoms in total. The largest absolute Gasteiger partial charge is 0.508 e. The Kier molecular flexibility index (Phi) is 6.38. The molecule has 0 saturated heterocycles.